The zero-order valence-corrected chi connectivity index (χ0v) is 14.5. The third-order valence-electron chi connectivity index (χ3n) is 4.50. The summed E-state index contributed by atoms with van der Waals surface area (Å²) in [5.74, 6) is 0.178. The van der Waals surface area contributed by atoms with Gasteiger partial charge >= 0.3 is 0 Å². The lowest BCUT2D eigenvalue weighted by atomic mass is 10.0. The first-order valence-electron chi connectivity index (χ1n) is 8.47. The normalized spacial score (nSPS) is 18.9. The van der Waals surface area contributed by atoms with Gasteiger partial charge in [0.25, 0.3) is 0 Å². The molecule has 0 unspecified atom stereocenters. The predicted octanol–water partition coefficient (Wildman–Crippen LogP) is 1.20. The van der Waals surface area contributed by atoms with Crippen LogP contribution in [0.4, 0.5) is 0 Å². The van der Waals surface area contributed by atoms with Gasteiger partial charge in [-0.15, -0.1) is 0 Å². The number of nitrogens with zero attached hydrogens (tertiary/aromatic N) is 3. The average Bonchev–Trinajstić information content (AvgIpc) is 2.56. The Bertz CT molecular complexity index is 484. The summed E-state index contributed by atoms with van der Waals surface area (Å²) in [5.41, 5.74) is 1.05. The minimum Gasteiger partial charge on any atom is -0.392 e. The number of benzene rings is 1. The van der Waals surface area contributed by atoms with Crippen LogP contribution in [0.25, 0.3) is 0 Å². The van der Waals surface area contributed by atoms with Crippen molar-refractivity contribution in [3.8, 4) is 0 Å². The monoisotopic (exact) mass is 319 g/mol. The van der Waals surface area contributed by atoms with Gasteiger partial charge in [-0.1, -0.05) is 37.3 Å². The summed E-state index contributed by atoms with van der Waals surface area (Å²) < 4.78 is 0. The molecule has 0 aliphatic carbocycles. The van der Waals surface area contributed by atoms with Crippen molar-refractivity contribution in [2.24, 2.45) is 0 Å². The van der Waals surface area contributed by atoms with Crippen LogP contribution in [0.2, 0.25) is 0 Å². The Morgan fingerprint density at radius 2 is 1.83 bits per heavy atom. The van der Waals surface area contributed by atoms with Crippen LogP contribution in [0.1, 0.15) is 25.5 Å². The molecule has 1 aromatic carbocycles. The Balaban J connectivity index is 2.04. The molecular formula is C18H29N3O2. The standard InChI is InChI=1S/C18H29N3O2/c1-4-19(3)17(16-8-6-5-7-9-16)18(23)21-12-10-20(11-13-21)14-15(2)22/h5-9,15,17,22H,4,10-14H2,1-3H3/t15-,17-/m1/s1. The minimum atomic E-state index is -0.319. The van der Waals surface area contributed by atoms with E-state index >= 15 is 0 Å². The molecule has 1 aromatic rings. The topological polar surface area (TPSA) is 47.0 Å². The molecule has 2 atom stereocenters. The predicted molar refractivity (Wildman–Crippen MR) is 92.2 cm³/mol. The Hall–Kier alpha value is -1.43. The maximum atomic E-state index is 13.0. The number of rotatable bonds is 6. The molecule has 5 nitrogen and oxygen atoms in total. The van der Waals surface area contributed by atoms with Crippen molar-refractivity contribution < 1.29 is 9.90 Å². The van der Waals surface area contributed by atoms with Crippen LogP contribution in [0.5, 0.6) is 0 Å². The second-order valence-corrected chi connectivity index (χ2v) is 6.36. The van der Waals surface area contributed by atoms with Gasteiger partial charge in [0, 0.05) is 32.7 Å². The van der Waals surface area contributed by atoms with Gasteiger partial charge in [0.05, 0.1) is 6.10 Å². The van der Waals surface area contributed by atoms with Gasteiger partial charge in [0.2, 0.25) is 5.91 Å². The fraction of sp³-hybridized carbons (Fsp3) is 0.611. The van der Waals surface area contributed by atoms with Gasteiger partial charge < -0.3 is 10.0 Å². The summed E-state index contributed by atoms with van der Waals surface area (Å²) >= 11 is 0. The van der Waals surface area contributed by atoms with Crippen molar-refractivity contribution in [3.63, 3.8) is 0 Å². The van der Waals surface area contributed by atoms with Crippen molar-refractivity contribution in [2.45, 2.75) is 26.0 Å². The smallest absolute Gasteiger partial charge is 0.244 e. The Labute approximate surface area is 139 Å². The van der Waals surface area contributed by atoms with E-state index in [4.69, 9.17) is 0 Å². The highest BCUT2D eigenvalue weighted by atomic mass is 16.3. The summed E-state index contributed by atoms with van der Waals surface area (Å²) in [6.07, 6.45) is -0.319. The first-order valence-corrected chi connectivity index (χ1v) is 8.47. The van der Waals surface area contributed by atoms with Crippen LogP contribution in [0, 0.1) is 0 Å². The number of aliphatic hydroxyl groups excluding tert-OH is 1. The van der Waals surface area contributed by atoms with Crippen molar-refractivity contribution in [3.05, 3.63) is 35.9 Å². The van der Waals surface area contributed by atoms with E-state index in [1.807, 2.05) is 42.3 Å². The molecule has 0 bridgehead atoms. The Kier molecular flexibility index (Phi) is 6.57. The van der Waals surface area contributed by atoms with Gasteiger partial charge in [-0.25, -0.2) is 0 Å². The summed E-state index contributed by atoms with van der Waals surface area (Å²) in [4.78, 5) is 19.3. The number of hydrogen-bond donors (Lipinski definition) is 1. The second-order valence-electron chi connectivity index (χ2n) is 6.36. The van der Waals surface area contributed by atoms with Gasteiger partial charge in [0.1, 0.15) is 6.04 Å². The lowest BCUT2D eigenvalue weighted by molar-refractivity contribution is -0.138. The van der Waals surface area contributed by atoms with Crippen LogP contribution >= 0.6 is 0 Å². The van der Waals surface area contributed by atoms with Crippen LogP contribution in [0.15, 0.2) is 30.3 Å². The molecule has 1 saturated heterocycles. The van der Waals surface area contributed by atoms with Crippen LogP contribution < -0.4 is 0 Å². The van der Waals surface area contributed by atoms with Gasteiger partial charge in [-0.2, -0.15) is 0 Å². The van der Waals surface area contributed by atoms with Crippen molar-refractivity contribution in [2.75, 3.05) is 46.3 Å². The zero-order chi connectivity index (χ0) is 16.8. The first-order chi connectivity index (χ1) is 11.0. The van der Waals surface area contributed by atoms with E-state index in [0.29, 0.717) is 6.54 Å². The fourth-order valence-electron chi connectivity index (χ4n) is 3.10. The number of amides is 1. The summed E-state index contributed by atoms with van der Waals surface area (Å²) in [6.45, 7) is 8.50. The van der Waals surface area contributed by atoms with Gasteiger partial charge in [0.15, 0.2) is 0 Å². The molecule has 5 heteroatoms. The fourth-order valence-corrected chi connectivity index (χ4v) is 3.10. The molecule has 1 N–H and O–H groups in total. The largest absolute Gasteiger partial charge is 0.392 e. The molecule has 128 valence electrons. The molecule has 0 saturated carbocycles. The van der Waals surface area contributed by atoms with Crippen LogP contribution in [0.3, 0.4) is 0 Å². The Morgan fingerprint density at radius 3 is 2.35 bits per heavy atom. The third kappa shape index (κ3) is 4.77. The second kappa shape index (κ2) is 8.43. The summed E-state index contributed by atoms with van der Waals surface area (Å²) in [5, 5.41) is 9.49. The van der Waals surface area contributed by atoms with Crippen molar-refractivity contribution in [1.29, 1.82) is 0 Å². The molecule has 0 radical (unpaired) electrons. The van der Waals surface area contributed by atoms with Crippen molar-refractivity contribution >= 4 is 5.91 Å². The molecule has 0 aromatic heterocycles. The van der Waals surface area contributed by atoms with E-state index in [1.165, 1.54) is 0 Å². The van der Waals surface area contributed by atoms with Crippen LogP contribution in [-0.4, -0.2) is 78.1 Å². The Morgan fingerprint density at radius 1 is 1.22 bits per heavy atom. The molecular weight excluding hydrogens is 290 g/mol. The molecule has 23 heavy (non-hydrogen) atoms. The summed E-state index contributed by atoms with van der Waals surface area (Å²) in [7, 11) is 2.00. The van der Waals surface area contributed by atoms with E-state index in [0.717, 1.165) is 38.3 Å². The number of carbonyl (C=O) groups excluding carboxylic acids is 1. The number of β-amino-alcohol motifs (C(OH)–C–C–N with tert-alkyl or cyclic N) is 1. The molecule has 1 aliphatic heterocycles. The van der Waals surface area contributed by atoms with E-state index in [2.05, 4.69) is 16.7 Å². The highest BCUT2D eigenvalue weighted by molar-refractivity contribution is 5.83. The molecule has 1 aliphatic rings. The maximum absolute atomic E-state index is 13.0. The quantitative estimate of drug-likeness (QED) is 0.856. The van der Waals surface area contributed by atoms with Gasteiger partial charge in [-0.3, -0.25) is 14.6 Å². The third-order valence-corrected chi connectivity index (χ3v) is 4.50. The van der Waals surface area contributed by atoms with E-state index in [9.17, 15) is 9.90 Å². The number of hydrogen-bond acceptors (Lipinski definition) is 4. The van der Waals surface area contributed by atoms with Crippen LogP contribution in [-0.2, 0) is 4.79 Å². The summed E-state index contributed by atoms with van der Waals surface area (Å²) in [6, 6.07) is 9.78. The average molecular weight is 319 g/mol. The number of piperazine rings is 1. The van der Waals surface area contributed by atoms with E-state index < -0.39 is 0 Å². The number of carbonyl (C=O) groups is 1. The molecule has 1 heterocycles. The first kappa shape index (κ1) is 17.9. The minimum absolute atomic E-state index is 0.178. The number of likely N-dealkylation sites (N-methyl/N-ethyl adjacent to an activating group) is 1. The lowest BCUT2D eigenvalue weighted by Crippen LogP contribution is -2.52. The highest BCUT2D eigenvalue weighted by Gasteiger charge is 2.30. The van der Waals surface area contributed by atoms with E-state index in [1.54, 1.807) is 6.92 Å². The molecule has 1 amide bonds. The highest BCUT2D eigenvalue weighted by Crippen LogP contribution is 2.22. The SMILES string of the molecule is CCN(C)[C@@H](C(=O)N1CCN(C[C@@H](C)O)CC1)c1ccccc1. The molecule has 2 rings (SSSR count). The van der Waals surface area contributed by atoms with Crippen molar-refractivity contribution in [1.82, 2.24) is 14.7 Å². The zero-order valence-electron chi connectivity index (χ0n) is 14.5. The number of aliphatic hydroxyl groups is 1. The molecule has 0 spiro atoms. The van der Waals surface area contributed by atoms with Gasteiger partial charge in [-0.05, 0) is 26.1 Å². The lowest BCUT2D eigenvalue weighted by Gasteiger charge is -2.38. The van der Waals surface area contributed by atoms with E-state index in [-0.39, 0.29) is 18.1 Å². The molecule has 1 fully saturated rings. The maximum Gasteiger partial charge on any atom is 0.244 e.